The fourth-order valence-electron chi connectivity index (χ4n) is 3.49. The number of hydrazone groups is 1. The van der Waals surface area contributed by atoms with Crippen LogP contribution in [0.1, 0.15) is 51.3 Å². The predicted molar refractivity (Wildman–Crippen MR) is 120 cm³/mol. The van der Waals surface area contributed by atoms with Crippen molar-refractivity contribution in [1.29, 1.82) is 0 Å². The van der Waals surface area contributed by atoms with Gasteiger partial charge in [-0.05, 0) is 35.9 Å². The first kappa shape index (κ1) is 24.4. The van der Waals surface area contributed by atoms with Crippen LogP contribution in [0.5, 0.6) is 23.0 Å². The van der Waals surface area contributed by atoms with Crippen LogP contribution in [-0.4, -0.2) is 41.6 Å². The highest BCUT2D eigenvalue weighted by atomic mass is 16.6. The Morgan fingerprint density at radius 1 is 0.735 bits per heavy atom. The van der Waals surface area contributed by atoms with Gasteiger partial charge in [0, 0.05) is 46.7 Å². The smallest absolute Gasteiger partial charge is 0.308 e. The number of hydrogen-bond donors (Lipinski definition) is 0. The quantitative estimate of drug-likeness (QED) is 0.465. The van der Waals surface area contributed by atoms with Gasteiger partial charge < -0.3 is 18.9 Å². The second-order valence-corrected chi connectivity index (χ2v) is 7.58. The van der Waals surface area contributed by atoms with Crippen molar-refractivity contribution in [2.24, 2.45) is 5.10 Å². The molecule has 0 N–H and O–H groups in total. The average molecular weight is 468 g/mol. The van der Waals surface area contributed by atoms with Crippen LogP contribution in [-0.2, 0) is 19.2 Å². The van der Waals surface area contributed by atoms with Gasteiger partial charge >= 0.3 is 23.9 Å². The van der Waals surface area contributed by atoms with Crippen LogP contribution >= 0.6 is 0 Å². The molecule has 178 valence electrons. The number of ether oxygens (including phenoxy) is 4. The Kier molecular flexibility index (Phi) is 7.30. The predicted octanol–water partition coefficient (Wildman–Crippen LogP) is 3.17. The first-order chi connectivity index (χ1) is 16.0. The van der Waals surface area contributed by atoms with Crippen molar-refractivity contribution in [1.82, 2.24) is 5.01 Å². The molecule has 1 unspecified atom stereocenters. The zero-order valence-electron chi connectivity index (χ0n) is 19.4. The maximum absolute atomic E-state index is 11.5. The number of hydrogen-bond acceptors (Lipinski definition) is 10. The standard InChI is InChI=1S/C24H24N2O8/c1-13(27)31-21-8-6-17(10-23(21)33-15(3)29)19-12-20(26(5)25-19)18-7-9-22(32-14(2)28)24(11-18)34-16(4)30/h6-11,20H,12H2,1-5H3. The van der Waals surface area contributed by atoms with Gasteiger partial charge in [0.25, 0.3) is 0 Å². The van der Waals surface area contributed by atoms with Gasteiger partial charge in [-0.2, -0.15) is 5.10 Å². The lowest BCUT2D eigenvalue weighted by molar-refractivity contribution is -0.134. The van der Waals surface area contributed by atoms with Crippen LogP contribution in [0.4, 0.5) is 0 Å². The zero-order chi connectivity index (χ0) is 25.0. The molecule has 34 heavy (non-hydrogen) atoms. The van der Waals surface area contributed by atoms with Crippen molar-refractivity contribution in [3.63, 3.8) is 0 Å². The van der Waals surface area contributed by atoms with Crippen LogP contribution in [0.3, 0.4) is 0 Å². The average Bonchev–Trinajstić information content (AvgIpc) is 3.11. The number of carbonyl (C=O) groups excluding carboxylic acids is 4. The van der Waals surface area contributed by atoms with E-state index >= 15 is 0 Å². The summed E-state index contributed by atoms with van der Waals surface area (Å²) in [5, 5.41) is 6.35. The van der Waals surface area contributed by atoms with Crippen molar-refractivity contribution in [3.05, 3.63) is 47.5 Å². The monoisotopic (exact) mass is 468 g/mol. The summed E-state index contributed by atoms with van der Waals surface area (Å²) in [5.41, 5.74) is 2.16. The van der Waals surface area contributed by atoms with E-state index in [4.69, 9.17) is 18.9 Å². The van der Waals surface area contributed by atoms with E-state index in [1.54, 1.807) is 42.4 Å². The largest absolute Gasteiger partial charge is 0.423 e. The molecular weight excluding hydrogens is 444 g/mol. The molecule has 0 fully saturated rings. The Morgan fingerprint density at radius 2 is 1.21 bits per heavy atom. The summed E-state index contributed by atoms with van der Waals surface area (Å²) < 4.78 is 20.7. The molecule has 2 aromatic carbocycles. The summed E-state index contributed by atoms with van der Waals surface area (Å²) in [4.78, 5) is 45.8. The fourth-order valence-corrected chi connectivity index (χ4v) is 3.49. The summed E-state index contributed by atoms with van der Waals surface area (Å²) in [6, 6.07) is 9.59. The molecule has 10 heteroatoms. The Bertz CT molecular complexity index is 1190. The summed E-state index contributed by atoms with van der Waals surface area (Å²) in [6.07, 6.45) is 0.481. The van der Waals surface area contributed by atoms with Crippen molar-refractivity contribution in [3.8, 4) is 23.0 Å². The lowest BCUT2D eigenvalue weighted by atomic mass is 9.98. The van der Waals surface area contributed by atoms with E-state index in [1.807, 2.05) is 0 Å². The maximum atomic E-state index is 11.5. The first-order valence-electron chi connectivity index (χ1n) is 10.4. The van der Waals surface area contributed by atoms with Gasteiger partial charge in [0.05, 0.1) is 11.8 Å². The highest BCUT2D eigenvalue weighted by Crippen LogP contribution is 2.38. The molecule has 1 atom stereocenters. The third kappa shape index (κ3) is 5.97. The van der Waals surface area contributed by atoms with Crippen molar-refractivity contribution < 1.29 is 38.1 Å². The third-order valence-electron chi connectivity index (χ3n) is 4.76. The van der Waals surface area contributed by atoms with E-state index in [1.165, 1.54) is 33.8 Å². The number of benzene rings is 2. The number of esters is 4. The van der Waals surface area contributed by atoms with Crippen molar-refractivity contribution in [2.45, 2.75) is 40.2 Å². The lowest BCUT2D eigenvalue weighted by Gasteiger charge is -2.20. The van der Waals surface area contributed by atoms with Gasteiger partial charge in [-0.15, -0.1) is 0 Å². The summed E-state index contributed by atoms with van der Waals surface area (Å²) in [5.74, 6) is -1.68. The number of rotatable bonds is 6. The molecule has 0 saturated heterocycles. The first-order valence-corrected chi connectivity index (χ1v) is 10.4. The van der Waals surface area contributed by atoms with E-state index in [9.17, 15) is 19.2 Å². The highest BCUT2D eigenvalue weighted by Gasteiger charge is 2.28. The highest BCUT2D eigenvalue weighted by molar-refractivity contribution is 6.02. The van der Waals surface area contributed by atoms with Gasteiger partial charge in [-0.25, -0.2) is 0 Å². The molecule has 2 aromatic rings. The van der Waals surface area contributed by atoms with Gasteiger partial charge in [0.15, 0.2) is 23.0 Å². The Labute approximate surface area is 196 Å². The Balaban J connectivity index is 1.89. The molecule has 1 heterocycles. The van der Waals surface area contributed by atoms with Crippen LogP contribution in [0.15, 0.2) is 41.5 Å². The Hall–Kier alpha value is -4.21. The topological polar surface area (TPSA) is 121 Å². The molecule has 1 aliphatic rings. The summed E-state index contributed by atoms with van der Waals surface area (Å²) in [6.45, 7) is 5.02. The second kappa shape index (κ2) is 10.2. The molecule has 0 aliphatic carbocycles. The maximum Gasteiger partial charge on any atom is 0.308 e. The molecule has 3 rings (SSSR count). The Morgan fingerprint density at radius 3 is 1.74 bits per heavy atom. The van der Waals surface area contributed by atoms with Gasteiger partial charge in [0.1, 0.15) is 0 Å². The minimum Gasteiger partial charge on any atom is -0.423 e. The SMILES string of the molecule is CC(=O)Oc1ccc(C2=NN(C)C(c3ccc(OC(C)=O)c(OC(C)=O)c3)C2)cc1OC(C)=O. The molecule has 1 aliphatic heterocycles. The van der Waals surface area contributed by atoms with Crippen LogP contribution < -0.4 is 18.9 Å². The van der Waals surface area contributed by atoms with Crippen LogP contribution in [0.25, 0.3) is 0 Å². The minimum absolute atomic E-state index is 0.108. The van der Waals surface area contributed by atoms with E-state index in [2.05, 4.69) is 5.10 Å². The fraction of sp³-hybridized carbons (Fsp3) is 0.292. The summed E-state index contributed by atoms with van der Waals surface area (Å²) in [7, 11) is 1.80. The molecule has 0 aromatic heterocycles. The molecule has 10 nitrogen and oxygen atoms in total. The molecule has 0 saturated carbocycles. The van der Waals surface area contributed by atoms with E-state index in [0.717, 1.165) is 5.56 Å². The van der Waals surface area contributed by atoms with Crippen LogP contribution in [0.2, 0.25) is 0 Å². The van der Waals surface area contributed by atoms with Gasteiger partial charge in [-0.1, -0.05) is 6.07 Å². The second-order valence-electron chi connectivity index (χ2n) is 7.58. The van der Waals surface area contributed by atoms with Gasteiger partial charge in [0.2, 0.25) is 0 Å². The summed E-state index contributed by atoms with van der Waals surface area (Å²) >= 11 is 0. The number of nitrogens with zero attached hydrogens (tertiary/aromatic N) is 2. The lowest BCUT2D eigenvalue weighted by Crippen LogP contribution is -2.15. The minimum atomic E-state index is -0.556. The molecule has 0 spiro atoms. The van der Waals surface area contributed by atoms with Crippen LogP contribution in [0, 0.1) is 0 Å². The number of carbonyl (C=O) groups is 4. The zero-order valence-corrected chi connectivity index (χ0v) is 19.4. The molecular formula is C24H24N2O8. The van der Waals surface area contributed by atoms with Crippen molar-refractivity contribution in [2.75, 3.05) is 7.05 Å². The molecule has 0 bridgehead atoms. The van der Waals surface area contributed by atoms with E-state index < -0.39 is 23.9 Å². The normalized spacial score (nSPS) is 14.8. The van der Waals surface area contributed by atoms with Gasteiger partial charge in [-0.3, -0.25) is 24.2 Å². The van der Waals surface area contributed by atoms with E-state index in [-0.39, 0.29) is 29.0 Å². The third-order valence-corrected chi connectivity index (χ3v) is 4.76. The molecule has 0 radical (unpaired) electrons. The molecule has 0 amide bonds. The van der Waals surface area contributed by atoms with E-state index in [0.29, 0.717) is 17.7 Å². The van der Waals surface area contributed by atoms with Crippen molar-refractivity contribution >= 4 is 29.6 Å².